The van der Waals surface area contributed by atoms with Crippen molar-refractivity contribution in [3.05, 3.63) is 101 Å². The number of hydrogen-bond acceptors (Lipinski definition) is 5. The van der Waals surface area contributed by atoms with E-state index in [4.69, 9.17) is 14.7 Å². The second-order valence-corrected chi connectivity index (χ2v) is 8.64. The van der Waals surface area contributed by atoms with Gasteiger partial charge in [0, 0.05) is 44.4 Å². The molecule has 0 aromatic heterocycles. The van der Waals surface area contributed by atoms with Crippen LogP contribution in [0.4, 0.5) is 8.78 Å². The van der Waals surface area contributed by atoms with Crippen LogP contribution in [0.1, 0.15) is 33.2 Å². The van der Waals surface area contributed by atoms with Gasteiger partial charge in [-0.05, 0) is 47.5 Å². The Bertz CT molecular complexity index is 1220. The molecule has 4 rings (SSSR count). The monoisotopic (exact) mass is 491 g/mol. The summed E-state index contributed by atoms with van der Waals surface area (Å²) in [6.07, 6.45) is -0.254. The van der Waals surface area contributed by atoms with E-state index in [9.17, 15) is 13.6 Å². The number of amides is 1. The van der Waals surface area contributed by atoms with Crippen LogP contribution in [-0.4, -0.2) is 55.5 Å². The third-order valence-corrected chi connectivity index (χ3v) is 6.19. The largest absolute Gasteiger partial charge is 0.497 e. The lowest BCUT2D eigenvalue weighted by Gasteiger charge is -2.36. The second kappa shape index (κ2) is 11.8. The van der Waals surface area contributed by atoms with E-state index in [0.717, 1.165) is 35.1 Å². The van der Waals surface area contributed by atoms with E-state index in [1.165, 1.54) is 0 Å². The Labute approximate surface area is 209 Å². The van der Waals surface area contributed by atoms with Gasteiger partial charge in [0.05, 0.1) is 31.5 Å². The zero-order valence-corrected chi connectivity index (χ0v) is 20.0. The molecule has 6 nitrogen and oxygen atoms in total. The van der Waals surface area contributed by atoms with E-state index in [1.807, 2.05) is 36.4 Å². The van der Waals surface area contributed by atoms with Gasteiger partial charge in [-0.3, -0.25) is 9.69 Å². The third kappa shape index (κ3) is 6.45. The fourth-order valence-electron chi connectivity index (χ4n) is 4.20. The molecule has 1 atom stereocenters. The van der Waals surface area contributed by atoms with E-state index in [0.29, 0.717) is 44.9 Å². The molecule has 1 aliphatic rings. The van der Waals surface area contributed by atoms with Crippen LogP contribution in [0.5, 0.6) is 5.75 Å². The molecule has 1 fully saturated rings. The normalized spacial score (nSPS) is 14.8. The van der Waals surface area contributed by atoms with Crippen LogP contribution in [0.3, 0.4) is 0 Å². The minimum absolute atomic E-state index is 0.0148. The van der Waals surface area contributed by atoms with Crippen LogP contribution in [0.25, 0.3) is 0 Å². The highest BCUT2D eigenvalue weighted by molar-refractivity contribution is 5.94. The molecule has 36 heavy (non-hydrogen) atoms. The average molecular weight is 492 g/mol. The van der Waals surface area contributed by atoms with Gasteiger partial charge in [0.2, 0.25) is 0 Å². The lowest BCUT2D eigenvalue weighted by Crippen LogP contribution is -2.49. The summed E-state index contributed by atoms with van der Waals surface area (Å²) in [6, 6.07) is 20.0. The fraction of sp³-hybridized carbons (Fsp3) is 0.286. The molecular weight excluding hydrogens is 464 g/mol. The molecule has 0 aliphatic carbocycles. The number of methoxy groups -OCH3 is 1. The molecule has 8 heteroatoms. The first-order chi connectivity index (χ1) is 17.4. The summed E-state index contributed by atoms with van der Waals surface area (Å²) in [5.41, 5.74) is 2.54. The van der Waals surface area contributed by atoms with Crippen LogP contribution in [0, 0.1) is 23.0 Å². The molecule has 3 aromatic carbocycles. The number of hydrogen-bond donors (Lipinski definition) is 0. The second-order valence-electron chi connectivity index (χ2n) is 8.64. The van der Waals surface area contributed by atoms with E-state index in [1.54, 1.807) is 24.1 Å². The molecule has 0 spiro atoms. The first kappa shape index (κ1) is 25.3. The van der Waals surface area contributed by atoms with Crippen molar-refractivity contribution < 1.29 is 23.0 Å². The van der Waals surface area contributed by atoms with Crippen molar-refractivity contribution in [2.24, 2.45) is 0 Å². The van der Waals surface area contributed by atoms with Gasteiger partial charge < -0.3 is 14.4 Å². The van der Waals surface area contributed by atoms with Crippen LogP contribution in [0.2, 0.25) is 0 Å². The zero-order valence-electron chi connectivity index (χ0n) is 20.0. The number of carbonyl (C=O) groups excluding carboxylic acids is 1. The Morgan fingerprint density at radius 2 is 1.69 bits per heavy atom. The van der Waals surface area contributed by atoms with Gasteiger partial charge in [-0.15, -0.1) is 0 Å². The predicted octanol–water partition coefficient (Wildman–Crippen LogP) is 4.56. The Morgan fingerprint density at radius 1 is 1.00 bits per heavy atom. The Hall–Kier alpha value is -3.80. The van der Waals surface area contributed by atoms with Crippen molar-refractivity contribution in [3.63, 3.8) is 0 Å². The molecule has 1 saturated heterocycles. The quantitative estimate of drug-likeness (QED) is 0.462. The molecule has 0 bridgehead atoms. The van der Waals surface area contributed by atoms with Crippen LogP contribution >= 0.6 is 0 Å². The van der Waals surface area contributed by atoms with Crippen molar-refractivity contribution in [3.8, 4) is 11.8 Å². The lowest BCUT2D eigenvalue weighted by atomic mass is 10.1. The van der Waals surface area contributed by atoms with Gasteiger partial charge in [-0.25, -0.2) is 8.78 Å². The summed E-state index contributed by atoms with van der Waals surface area (Å²) in [6.45, 7) is 3.06. The summed E-state index contributed by atoms with van der Waals surface area (Å²) in [4.78, 5) is 16.6. The summed E-state index contributed by atoms with van der Waals surface area (Å²) in [7, 11) is 1.62. The number of nitrogens with zero attached hydrogens (tertiary/aromatic N) is 3. The van der Waals surface area contributed by atoms with Gasteiger partial charge in [-0.2, -0.15) is 5.26 Å². The maximum Gasteiger partial charge on any atom is 0.254 e. The molecule has 0 N–H and O–H groups in total. The number of piperazine rings is 1. The molecule has 0 radical (unpaired) electrons. The van der Waals surface area contributed by atoms with E-state index < -0.39 is 11.6 Å². The number of rotatable bonds is 8. The highest BCUT2D eigenvalue weighted by Gasteiger charge is 2.25. The Morgan fingerprint density at radius 3 is 2.33 bits per heavy atom. The smallest absolute Gasteiger partial charge is 0.254 e. The first-order valence-electron chi connectivity index (χ1n) is 11.7. The third-order valence-electron chi connectivity index (χ3n) is 6.19. The summed E-state index contributed by atoms with van der Waals surface area (Å²) in [5.74, 6) is -1.18. The predicted molar refractivity (Wildman–Crippen MR) is 130 cm³/mol. The molecule has 1 aliphatic heterocycles. The summed E-state index contributed by atoms with van der Waals surface area (Å²) in [5, 5.41) is 9.01. The number of halogens is 2. The molecule has 1 amide bonds. The maximum atomic E-state index is 13.6. The van der Waals surface area contributed by atoms with Gasteiger partial charge in [0.25, 0.3) is 5.91 Å². The molecular formula is C28H27F2N3O3. The topological polar surface area (TPSA) is 65.8 Å². The van der Waals surface area contributed by atoms with Crippen molar-refractivity contribution in [1.82, 2.24) is 9.80 Å². The lowest BCUT2D eigenvalue weighted by molar-refractivity contribution is 0.00332. The average Bonchev–Trinajstić information content (AvgIpc) is 2.90. The number of nitriles is 1. The fourth-order valence-corrected chi connectivity index (χ4v) is 4.20. The molecule has 0 unspecified atom stereocenters. The van der Waals surface area contributed by atoms with E-state index in [2.05, 4.69) is 11.0 Å². The highest BCUT2D eigenvalue weighted by atomic mass is 19.1. The zero-order chi connectivity index (χ0) is 25.5. The number of ether oxygens (including phenoxy) is 2. The van der Waals surface area contributed by atoms with Gasteiger partial charge in [-0.1, -0.05) is 24.3 Å². The van der Waals surface area contributed by atoms with Crippen molar-refractivity contribution >= 4 is 5.91 Å². The first-order valence-corrected chi connectivity index (χ1v) is 11.7. The summed E-state index contributed by atoms with van der Waals surface area (Å²) < 4.78 is 38.8. The molecule has 3 aromatic rings. The van der Waals surface area contributed by atoms with Crippen molar-refractivity contribution in [2.45, 2.75) is 12.7 Å². The van der Waals surface area contributed by atoms with Crippen molar-refractivity contribution in [1.29, 1.82) is 5.26 Å². The van der Waals surface area contributed by atoms with Crippen LogP contribution in [-0.2, 0) is 11.3 Å². The van der Waals surface area contributed by atoms with E-state index in [-0.39, 0.29) is 17.6 Å². The standard InChI is InChI=1S/C28H27F2N3O3/c1-35-26-4-2-3-22(15-26)27(36-19-21-7-5-20(17-31)6-8-21)18-32-9-11-33(12-10-32)28(34)23-13-24(29)16-25(30)14-23/h2-8,13-16,27H,9-12,18-19H2,1H3/t27-/m1/s1. The van der Waals surface area contributed by atoms with Crippen LogP contribution < -0.4 is 4.74 Å². The van der Waals surface area contributed by atoms with Gasteiger partial charge >= 0.3 is 0 Å². The van der Waals surface area contributed by atoms with Gasteiger partial charge in [0.15, 0.2) is 0 Å². The Kier molecular flexibility index (Phi) is 8.26. The minimum atomic E-state index is -0.766. The number of benzene rings is 3. The van der Waals surface area contributed by atoms with Gasteiger partial charge in [0.1, 0.15) is 17.4 Å². The maximum absolute atomic E-state index is 13.6. The molecule has 1 heterocycles. The van der Waals surface area contributed by atoms with Crippen molar-refractivity contribution in [2.75, 3.05) is 39.8 Å². The SMILES string of the molecule is COc1cccc([C@@H](CN2CCN(C(=O)c3cc(F)cc(F)c3)CC2)OCc2ccc(C#N)cc2)c1. The summed E-state index contributed by atoms with van der Waals surface area (Å²) >= 11 is 0. The minimum Gasteiger partial charge on any atom is -0.497 e. The molecule has 0 saturated carbocycles. The highest BCUT2D eigenvalue weighted by Crippen LogP contribution is 2.25. The Balaban J connectivity index is 1.41. The molecule has 186 valence electrons. The number of carbonyl (C=O) groups is 1. The van der Waals surface area contributed by atoms with E-state index >= 15 is 0 Å². The van der Waals surface area contributed by atoms with Crippen LogP contribution in [0.15, 0.2) is 66.7 Å².